The molecule has 33 heavy (non-hydrogen) atoms. The highest BCUT2D eigenvalue weighted by molar-refractivity contribution is 6.13. The number of aryl methyl sites for hydroxylation is 2. The first kappa shape index (κ1) is 23.0. The molecule has 2 aliphatic heterocycles. The summed E-state index contributed by atoms with van der Waals surface area (Å²) >= 11 is 0. The summed E-state index contributed by atoms with van der Waals surface area (Å²) in [5, 5.41) is 3.09. The van der Waals surface area contributed by atoms with Gasteiger partial charge in [-0.25, -0.2) is 0 Å². The fourth-order valence-corrected chi connectivity index (χ4v) is 4.98. The van der Waals surface area contributed by atoms with Gasteiger partial charge in [0.15, 0.2) is 0 Å². The highest BCUT2D eigenvalue weighted by atomic mass is 16.2. The summed E-state index contributed by atoms with van der Waals surface area (Å²) in [5.41, 5.74) is 2.43. The Morgan fingerprint density at radius 3 is 2.45 bits per heavy atom. The molecule has 7 nitrogen and oxygen atoms in total. The number of carbonyl (C=O) groups excluding carboxylic acids is 3. The van der Waals surface area contributed by atoms with Gasteiger partial charge in [-0.3, -0.25) is 14.4 Å². The molecule has 4 rings (SSSR count). The minimum absolute atomic E-state index is 0.0570. The zero-order valence-electron chi connectivity index (χ0n) is 19.9. The minimum atomic E-state index is -1.19. The highest BCUT2D eigenvalue weighted by Gasteiger charge is 2.48. The Hall–Kier alpha value is -3.22. The third-order valence-corrected chi connectivity index (χ3v) is 6.59. The van der Waals surface area contributed by atoms with Crippen molar-refractivity contribution in [2.45, 2.75) is 71.4 Å². The molecule has 0 unspecified atom stereocenters. The maximum atomic E-state index is 14.2. The quantitative estimate of drug-likeness (QED) is 0.747. The van der Waals surface area contributed by atoms with Crippen molar-refractivity contribution in [2.75, 3.05) is 11.4 Å². The molecule has 3 amide bonds. The predicted octanol–water partition coefficient (Wildman–Crippen LogP) is 3.56. The Labute approximate surface area is 195 Å². The van der Waals surface area contributed by atoms with Gasteiger partial charge in [0.05, 0.1) is 6.42 Å². The van der Waals surface area contributed by atoms with Crippen molar-refractivity contribution in [1.82, 2.24) is 10.2 Å². The van der Waals surface area contributed by atoms with Crippen LogP contribution < -0.4 is 10.2 Å². The van der Waals surface area contributed by atoms with E-state index in [2.05, 4.69) is 10.3 Å². The molecule has 7 heteroatoms. The van der Waals surface area contributed by atoms with Crippen LogP contribution in [0.5, 0.6) is 0 Å². The van der Waals surface area contributed by atoms with Crippen LogP contribution in [0.1, 0.15) is 57.1 Å². The molecule has 1 aromatic carbocycles. The molecule has 1 fully saturated rings. The van der Waals surface area contributed by atoms with Crippen LogP contribution in [-0.2, 0) is 14.4 Å². The molecule has 1 aromatic rings. The normalized spacial score (nSPS) is 22.5. The summed E-state index contributed by atoms with van der Waals surface area (Å²) in [4.78, 5) is 47.1. The third-order valence-electron chi connectivity index (χ3n) is 6.59. The number of nitrogens with one attached hydrogen (secondary N) is 1. The Morgan fingerprint density at radius 1 is 1.12 bits per heavy atom. The van der Waals surface area contributed by atoms with E-state index in [9.17, 15) is 14.4 Å². The second kappa shape index (κ2) is 8.96. The summed E-state index contributed by atoms with van der Waals surface area (Å²) in [6.45, 7) is 7.54. The first-order valence-corrected chi connectivity index (χ1v) is 11.6. The number of rotatable bonds is 5. The zero-order chi connectivity index (χ0) is 23.8. The molecule has 0 radical (unpaired) electrons. The molecule has 3 aliphatic rings. The number of fused-ring (bicyclic) bond motifs is 1. The number of nitrogens with zero attached hydrogens (tertiary/aromatic N) is 3. The molecule has 0 bridgehead atoms. The molecule has 1 N–H and O–H groups in total. The number of allylic oxidation sites excluding steroid dienone is 2. The summed E-state index contributed by atoms with van der Waals surface area (Å²) in [6.07, 6.45) is 9.59. The SMILES string of the molecule is CC1=CN2C(=NC(=O)C[C@@]2(C)C(=O)N(CC(=O)NC2CCCC2)c2cc(C)cc(C)c2)C=C1. The van der Waals surface area contributed by atoms with Crippen molar-refractivity contribution in [3.05, 3.63) is 53.3 Å². The van der Waals surface area contributed by atoms with Gasteiger partial charge < -0.3 is 15.1 Å². The Bertz CT molecular complexity index is 1060. The van der Waals surface area contributed by atoms with E-state index >= 15 is 0 Å². The number of anilines is 1. The number of benzene rings is 1. The second-order valence-electron chi connectivity index (χ2n) is 9.68. The fraction of sp³-hybridized carbons (Fsp3) is 0.462. The van der Waals surface area contributed by atoms with Gasteiger partial charge in [-0.15, -0.1) is 0 Å². The molecule has 174 valence electrons. The largest absolute Gasteiger partial charge is 0.352 e. The van der Waals surface area contributed by atoms with Crippen LogP contribution in [0.15, 0.2) is 47.1 Å². The lowest BCUT2D eigenvalue weighted by molar-refractivity contribution is -0.133. The molecule has 0 saturated heterocycles. The number of amidine groups is 1. The van der Waals surface area contributed by atoms with E-state index in [0.29, 0.717) is 11.5 Å². The van der Waals surface area contributed by atoms with Crippen molar-refractivity contribution < 1.29 is 14.4 Å². The van der Waals surface area contributed by atoms with Crippen molar-refractivity contribution in [2.24, 2.45) is 4.99 Å². The van der Waals surface area contributed by atoms with Gasteiger partial charge in [0, 0.05) is 17.9 Å². The molecule has 1 aliphatic carbocycles. The average molecular weight is 449 g/mol. The van der Waals surface area contributed by atoms with E-state index in [0.717, 1.165) is 42.4 Å². The van der Waals surface area contributed by atoms with Gasteiger partial charge in [-0.05, 0) is 75.4 Å². The Kier molecular flexibility index (Phi) is 6.23. The van der Waals surface area contributed by atoms with Crippen LogP contribution in [0.25, 0.3) is 0 Å². The van der Waals surface area contributed by atoms with Crippen molar-refractivity contribution in [3.63, 3.8) is 0 Å². The summed E-state index contributed by atoms with van der Waals surface area (Å²) in [5.74, 6) is -0.373. The van der Waals surface area contributed by atoms with E-state index < -0.39 is 5.54 Å². The monoisotopic (exact) mass is 448 g/mol. The number of amides is 3. The minimum Gasteiger partial charge on any atom is -0.352 e. The summed E-state index contributed by atoms with van der Waals surface area (Å²) in [6, 6.07) is 6.02. The smallest absolute Gasteiger partial charge is 0.254 e. The van der Waals surface area contributed by atoms with Crippen molar-refractivity contribution in [1.29, 1.82) is 0 Å². The summed E-state index contributed by atoms with van der Waals surface area (Å²) < 4.78 is 0. The molecule has 0 spiro atoms. The Morgan fingerprint density at radius 2 is 1.79 bits per heavy atom. The number of hydrogen-bond donors (Lipinski definition) is 1. The molecule has 1 atom stereocenters. The van der Waals surface area contributed by atoms with Crippen LogP contribution in [0.3, 0.4) is 0 Å². The highest BCUT2D eigenvalue weighted by Crippen LogP contribution is 2.33. The number of hydrogen-bond acceptors (Lipinski definition) is 4. The van der Waals surface area contributed by atoms with Gasteiger partial charge in [0.2, 0.25) is 5.91 Å². The molecule has 0 aromatic heterocycles. The lowest BCUT2D eigenvalue weighted by atomic mass is 9.89. The van der Waals surface area contributed by atoms with Gasteiger partial charge >= 0.3 is 0 Å². The van der Waals surface area contributed by atoms with Crippen LogP contribution in [0.2, 0.25) is 0 Å². The second-order valence-corrected chi connectivity index (χ2v) is 9.68. The molecule has 2 heterocycles. The van der Waals surface area contributed by atoms with Gasteiger partial charge in [0.1, 0.15) is 17.9 Å². The lowest BCUT2D eigenvalue weighted by Crippen LogP contribution is -2.62. The topological polar surface area (TPSA) is 82.1 Å². The first-order valence-electron chi connectivity index (χ1n) is 11.6. The van der Waals surface area contributed by atoms with Gasteiger partial charge in [-0.2, -0.15) is 4.99 Å². The predicted molar refractivity (Wildman–Crippen MR) is 129 cm³/mol. The van der Waals surface area contributed by atoms with E-state index in [-0.39, 0.29) is 36.7 Å². The number of carbonyl (C=O) groups is 3. The van der Waals surface area contributed by atoms with E-state index in [4.69, 9.17) is 0 Å². The molecular formula is C26H32N4O3. The van der Waals surface area contributed by atoms with Crippen molar-refractivity contribution >= 4 is 29.2 Å². The molecular weight excluding hydrogens is 416 g/mol. The summed E-state index contributed by atoms with van der Waals surface area (Å²) in [7, 11) is 0. The van der Waals surface area contributed by atoms with Crippen LogP contribution in [0, 0.1) is 13.8 Å². The standard InChI is InChI=1S/C26H32N4O3/c1-17-9-10-22-28-23(31)14-26(4,30(22)15-17)25(33)29(21-12-18(2)11-19(3)13-21)16-24(32)27-20-7-5-6-8-20/h9-13,15,20H,5-8,14,16H2,1-4H3,(H,27,32)/t26-/m0/s1. The van der Waals surface area contributed by atoms with Gasteiger partial charge in [0.25, 0.3) is 11.8 Å². The van der Waals surface area contributed by atoms with E-state index in [1.54, 1.807) is 17.9 Å². The van der Waals surface area contributed by atoms with Crippen LogP contribution in [-0.4, -0.2) is 46.6 Å². The van der Waals surface area contributed by atoms with Crippen LogP contribution in [0.4, 0.5) is 5.69 Å². The molecule has 1 saturated carbocycles. The lowest BCUT2D eigenvalue weighted by Gasteiger charge is -2.44. The van der Waals surface area contributed by atoms with Gasteiger partial charge in [-0.1, -0.05) is 25.0 Å². The maximum Gasteiger partial charge on any atom is 0.254 e. The van der Waals surface area contributed by atoms with Crippen molar-refractivity contribution in [3.8, 4) is 0 Å². The first-order chi connectivity index (χ1) is 15.7. The fourth-order valence-electron chi connectivity index (χ4n) is 4.98. The average Bonchev–Trinajstić information content (AvgIpc) is 3.24. The number of aliphatic imine (C=N–C) groups is 1. The third kappa shape index (κ3) is 4.77. The van der Waals surface area contributed by atoms with E-state index in [1.807, 2.05) is 51.2 Å². The van der Waals surface area contributed by atoms with E-state index in [1.165, 1.54) is 4.90 Å². The zero-order valence-corrected chi connectivity index (χ0v) is 19.9. The maximum absolute atomic E-state index is 14.2. The van der Waals surface area contributed by atoms with Crippen LogP contribution >= 0.6 is 0 Å². The Balaban J connectivity index is 1.70.